The molecule has 4 heteroatoms. The lowest BCUT2D eigenvalue weighted by atomic mass is 9.98. The summed E-state index contributed by atoms with van der Waals surface area (Å²) in [5, 5.41) is 2.75. The van der Waals surface area contributed by atoms with E-state index in [-0.39, 0.29) is 17.8 Å². The molecule has 0 aromatic rings. The summed E-state index contributed by atoms with van der Waals surface area (Å²) < 4.78 is 5.24. The SMILES string of the molecule is CCCCC(CC)C(=O)N[C@@H](C)C(=O)OC(C)(C)C. The van der Waals surface area contributed by atoms with Gasteiger partial charge in [0.2, 0.25) is 5.91 Å². The van der Waals surface area contributed by atoms with E-state index in [1.165, 1.54) is 0 Å². The molecule has 1 amide bonds. The van der Waals surface area contributed by atoms with Crippen LogP contribution in [0.2, 0.25) is 0 Å². The van der Waals surface area contributed by atoms with Gasteiger partial charge in [0, 0.05) is 5.92 Å². The molecule has 1 unspecified atom stereocenters. The fourth-order valence-electron chi connectivity index (χ4n) is 1.75. The Bertz CT molecular complexity index is 294. The number of hydrogen-bond donors (Lipinski definition) is 1. The summed E-state index contributed by atoms with van der Waals surface area (Å²) in [5.41, 5.74) is -0.525. The Labute approximate surface area is 117 Å². The highest BCUT2D eigenvalue weighted by atomic mass is 16.6. The van der Waals surface area contributed by atoms with E-state index in [4.69, 9.17) is 4.74 Å². The minimum absolute atomic E-state index is 0.00941. The van der Waals surface area contributed by atoms with Gasteiger partial charge in [0.05, 0.1) is 0 Å². The van der Waals surface area contributed by atoms with Gasteiger partial charge in [0.25, 0.3) is 0 Å². The van der Waals surface area contributed by atoms with Crippen LogP contribution in [0.5, 0.6) is 0 Å². The van der Waals surface area contributed by atoms with E-state index in [2.05, 4.69) is 12.2 Å². The van der Waals surface area contributed by atoms with Crippen LogP contribution in [-0.2, 0) is 14.3 Å². The summed E-state index contributed by atoms with van der Waals surface area (Å²) in [6.07, 6.45) is 3.78. The number of carbonyl (C=O) groups is 2. The van der Waals surface area contributed by atoms with Crippen molar-refractivity contribution in [2.45, 2.75) is 78.9 Å². The standard InChI is InChI=1S/C15H29NO3/c1-7-9-10-12(8-2)13(17)16-11(3)14(18)19-15(4,5)6/h11-12H,7-10H2,1-6H3,(H,16,17)/t11-,12?/m0/s1. The zero-order valence-corrected chi connectivity index (χ0v) is 13.2. The van der Waals surface area contributed by atoms with Crippen LogP contribution >= 0.6 is 0 Å². The van der Waals surface area contributed by atoms with Gasteiger partial charge < -0.3 is 10.1 Å². The fraction of sp³-hybridized carbons (Fsp3) is 0.867. The monoisotopic (exact) mass is 271 g/mol. The van der Waals surface area contributed by atoms with Gasteiger partial charge in [-0.1, -0.05) is 26.7 Å². The number of amides is 1. The molecule has 0 fully saturated rings. The second-order valence-electron chi connectivity index (χ2n) is 6.01. The Kier molecular flexibility index (Phi) is 7.72. The summed E-state index contributed by atoms with van der Waals surface area (Å²) in [4.78, 5) is 23.8. The van der Waals surface area contributed by atoms with Gasteiger partial charge in [-0.3, -0.25) is 4.79 Å². The molecular formula is C15H29NO3. The molecule has 0 aliphatic carbocycles. The first-order chi connectivity index (χ1) is 8.71. The molecule has 112 valence electrons. The van der Waals surface area contributed by atoms with E-state index in [1.54, 1.807) is 6.92 Å². The molecule has 0 aliphatic heterocycles. The maximum atomic E-state index is 12.0. The van der Waals surface area contributed by atoms with Gasteiger partial charge in [0.1, 0.15) is 11.6 Å². The minimum atomic E-state index is -0.595. The van der Waals surface area contributed by atoms with Gasteiger partial charge >= 0.3 is 5.97 Å². The van der Waals surface area contributed by atoms with Crippen LogP contribution < -0.4 is 5.32 Å². The zero-order valence-electron chi connectivity index (χ0n) is 13.2. The minimum Gasteiger partial charge on any atom is -0.458 e. The Morgan fingerprint density at radius 1 is 1.21 bits per heavy atom. The van der Waals surface area contributed by atoms with Crippen molar-refractivity contribution in [1.29, 1.82) is 0 Å². The summed E-state index contributed by atoms with van der Waals surface area (Å²) in [6.45, 7) is 11.2. The van der Waals surface area contributed by atoms with Gasteiger partial charge in [0.15, 0.2) is 0 Å². The van der Waals surface area contributed by atoms with Gasteiger partial charge in [-0.05, 0) is 40.5 Å². The molecule has 0 bridgehead atoms. The van der Waals surface area contributed by atoms with Crippen LogP contribution in [0.1, 0.15) is 67.2 Å². The zero-order chi connectivity index (χ0) is 15.1. The summed E-state index contributed by atoms with van der Waals surface area (Å²) in [5.74, 6) is -0.439. The van der Waals surface area contributed by atoms with E-state index < -0.39 is 11.6 Å². The lowest BCUT2D eigenvalue weighted by Gasteiger charge is -2.24. The first-order valence-corrected chi connectivity index (χ1v) is 7.24. The predicted molar refractivity (Wildman–Crippen MR) is 76.8 cm³/mol. The van der Waals surface area contributed by atoms with Crippen LogP contribution in [0.25, 0.3) is 0 Å². The van der Waals surface area contributed by atoms with E-state index >= 15 is 0 Å². The van der Waals surface area contributed by atoms with E-state index in [1.807, 2.05) is 27.7 Å². The largest absolute Gasteiger partial charge is 0.458 e. The highest BCUT2D eigenvalue weighted by Gasteiger charge is 2.25. The molecule has 0 spiro atoms. The molecule has 0 rings (SSSR count). The van der Waals surface area contributed by atoms with E-state index in [9.17, 15) is 9.59 Å². The first kappa shape index (κ1) is 17.9. The normalized spacial score (nSPS) is 14.6. The third-order valence-electron chi connectivity index (χ3n) is 2.89. The molecule has 0 saturated carbocycles. The molecule has 0 aromatic heterocycles. The molecule has 4 nitrogen and oxygen atoms in total. The molecule has 0 heterocycles. The lowest BCUT2D eigenvalue weighted by Crippen LogP contribution is -2.44. The Hall–Kier alpha value is -1.06. The number of esters is 1. The van der Waals surface area contributed by atoms with Crippen molar-refractivity contribution in [3.8, 4) is 0 Å². The van der Waals surface area contributed by atoms with Gasteiger partial charge in [-0.15, -0.1) is 0 Å². The molecular weight excluding hydrogens is 242 g/mol. The summed E-state index contributed by atoms with van der Waals surface area (Å²) in [6, 6.07) is -0.595. The van der Waals surface area contributed by atoms with Crippen molar-refractivity contribution in [1.82, 2.24) is 5.32 Å². The molecule has 2 atom stereocenters. The second-order valence-corrected chi connectivity index (χ2v) is 6.01. The highest BCUT2D eigenvalue weighted by Crippen LogP contribution is 2.13. The van der Waals surface area contributed by atoms with Crippen molar-refractivity contribution >= 4 is 11.9 Å². The number of nitrogens with one attached hydrogen (secondary N) is 1. The summed E-state index contributed by atoms with van der Waals surface area (Å²) >= 11 is 0. The summed E-state index contributed by atoms with van der Waals surface area (Å²) in [7, 11) is 0. The number of rotatable bonds is 7. The third kappa shape index (κ3) is 7.85. The molecule has 0 saturated heterocycles. The third-order valence-corrected chi connectivity index (χ3v) is 2.89. The van der Waals surface area contributed by atoms with Gasteiger partial charge in [-0.25, -0.2) is 4.79 Å². The molecule has 19 heavy (non-hydrogen) atoms. The second kappa shape index (κ2) is 8.18. The molecule has 0 aliphatic rings. The maximum absolute atomic E-state index is 12.0. The number of hydrogen-bond acceptors (Lipinski definition) is 3. The van der Waals surface area contributed by atoms with E-state index in [0.29, 0.717) is 0 Å². The van der Waals surface area contributed by atoms with Crippen molar-refractivity contribution in [3.05, 3.63) is 0 Å². The number of carbonyl (C=O) groups excluding carboxylic acids is 2. The van der Waals surface area contributed by atoms with Crippen LogP contribution in [-0.4, -0.2) is 23.5 Å². The van der Waals surface area contributed by atoms with Crippen molar-refractivity contribution in [3.63, 3.8) is 0 Å². The lowest BCUT2D eigenvalue weighted by molar-refractivity contribution is -0.158. The quantitative estimate of drug-likeness (QED) is 0.724. The fourth-order valence-corrected chi connectivity index (χ4v) is 1.75. The first-order valence-electron chi connectivity index (χ1n) is 7.24. The van der Waals surface area contributed by atoms with Crippen molar-refractivity contribution in [2.24, 2.45) is 5.92 Å². The Balaban J connectivity index is 4.33. The highest BCUT2D eigenvalue weighted by molar-refractivity contribution is 5.85. The average molecular weight is 271 g/mol. The van der Waals surface area contributed by atoms with Crippen LogP contribution in [0, 0.1) is 5.92 Å². The topological polar surface area (TPSA) is 55.4 Å². The Morgan fingerprint density at radius 2 is 1.79 bits per heavy atom. The van der Waals surface area contributed by atoms with Crippen molar-refractivity contribution < 1.29 is 14.3 Å². The molecule has 1 N–H and O–H groups in total. The number of ether oxygens (including phenoxy) is 1. The van der Waals surface area contributed by atoms with Crippen LogP contribution in [0.3, 0.4) is 0 Å². The molecule has 0 aromatic carbocycles. The van der Waals surface area contributed by atoms with E-state index in [0.717, 1.165) is 25.7 Å². The number of unbranched alkanes of at least 4 members (excludes halogenated alkanes) is 1. The predicted octanol–water partition coefficient (Wildman–Crippen LogP) is 3.05. The van der Waals surface area contributed by atoms with Crippen LogP contribution in [0.15, 0.2) is 0 Å². The smallest absolute Gasteiger partial charge is 0.328 e. The maximum Gasteiger partial charge on any atom is 0.328 e. The average Bonchev–Trinajstić information content (AvgIpc) is 2.27. The van der Waals surface area contributed by atoms with Gasteiger partial charge in [-0.2, -0.15) is 0 Å². The Morgan fingerprint density at radius 3 is 2.21 bits per heavy atom. The molecule has 0 radical (unpaired) electrons. The van der Waals surface area contributed by atoms with Crippen LogP contribution in [0.4, 0.5) is 0 Å². The van der Waals surface area contributed by atoms with Crippen molar-refractivity contribution in [2.75, 3.05) is 0 Å².